The average molecular weight is 318 g/mol. The van der Waals surface area contributed by atoms with Gasteiger partial charge in [0.15, 0.2) is 12.3 Å². The van der Waals surface area contributed by atoms with Gasteiger partial charge in [-0.15, -0.1) is 0 Å². The highest BCUT2D eigenvalue weighted by molar-refractivity contribution is 4.94. The van der Waals surface area contributed by atoms with Crippen molar-refractivity contribution in [3.63, 3.8) is 0 Å². The van der Waals surface area contributed by atoms with Gasteiger partial charge in [-0.1, -0.05) is 26.7 Å². The van der Waals surface area contributed by atoms with Crippen molar-refractivity contribution in [2.24, 2.45) is 17.8 Å². The lowest BCUT2D eigenvalue weighted by Gasteiger charge is -2.40. The van der Waals surface area contributed by atoms with Crippen LogP contribution in [0, 0.1) is 17.8 Å². The normalized spacial score (nSPS) is 43.5. The molecule has 0 bridgehead atoms. The van der Waals surface area contributed by atoms with Crippen LogP contribution in [0.4, 0.5) is 8.78 Å². The highest BCUT2D eigenvalue weighted by Gasteiger charge is 2.45. The second kappa shape index (κ2) is 8.05. The summed E-state index contributed by atoms with van der Waals surface area (Å²) in [5.74, 6) is 1.30. The molecule has 5 atom stereocenters. The Balaban J connectivity index is 1.82. The van der Waals surface area contributed by atoms with Crippen LogP contribution in [0.15, 0.2) is 0 Å². The first kappa shape index (κ1) is 18.1. The molecule has 5 unspecified atom stereocenters. The summed E-state index contributed by atoms with van der Waals surface area (Å²) in [4.78, 5) is 0. The number of alkyl halides is 2. The number of hydrogen-bond acceptors (Lipinski definition) is 2. The van der Waals surface area contributed by atoms with Gasteiger partial charge in [0.05, 0.1) is 18.3 Å². The molecule has 0 aliphatic heterocycles. The van der Waals surface area contributed by atoms with Gasteiger partial charge in [0.2, 0.25) is 0 Å². The van der Waals surface area contributed by atoms with Gasteiger partial charge in [-0.3, -0.25) is 0 Å². The van der Waals surface area contributed by atoms with Crippen molar-refractivity contribution in [2.75, 3.05) is 6.61 Å². The van der Waals surface area contributed by atoms with Crippen LogP contribution in [0.2, 0.25) is 0 Å². The first-order valence-electron chi connectivity index (χ1n) is 8.93. The average Bonchev–Trinajstić information content (AvgIpc) is 2.47. The highest BCUT2D eigenvalue weighted by Crippen LogP contribution is 2.35. The molecule has 0 radical (unpaired) electrons. The van der Waals surface area contributed by atoms with Gasteiger partial charge in [0.25, 0.3) is 0 Å². The Kier molecular flexibility index (Phi) is 6.63. The molecule has 0 aromatic rings. The first-order chi connectivity index (χ1) is 10.4. The largest absolute Gasteiger partial charge is 0.375 e. The molecule has 4 heteroatoms. The zero-order valence-electron chi connectivity index (χ0n) is 14.4. The molecule has 2 saturated carbocycles. The van der Waals surface area contributed by atoms with E-state index >= 15 is 0 Å². The van der Waals surface area contributed by atoms with Crippen LogP contribution in [0.5, 0.6) is 0 Å². The monoisotopic (exact) mass is 318 g/mol. The Morgan fingerprint density at radius 1 is 1.00 bits per heavy atom. The van der Waals surface area contributed by atoms with Crippen molar-refractivity contribution in [3.05, 3.63) is 0 Å². The summed E-state index contributed by atoms with van der Waals surface area (Å²) < 4.78 is 40.1. The van der Waals surface area contributed by atoms with Gasteiger partial charge in [-0.05, 0) is 50.9 Å². The molecular formula is C18H32F2O2. The predicted molar refractivity (Wildman–Crippen MR) is 84.4 cm³/mol. The molecule has 2 aliphatic carbocycles. The minimum atomic E-state index is -1.58. The third-order valence-electron chi connectivity index (χ3n) is 5.25. The summed E-state index contributed by atoms with van der Waals surface area (Å²) in [6.45, 7) is 8.51. The zero-order chi connectivity index (χ0) is 16.3. The van der Waals surface area contributed by atoms with Crippen molar-refractivity contribution in [1.82, 2.24) is 0 Å². The lowest BCUT2D eigenvalue weighted by molar-refractivity contribution is -0.155. The summed E-state index contributed by atoms with van der Waals surface area (Å²) in [6.07, 6.45) is 0.805. The Bertz CT molecular complexity index is 329. The van der Waals surface area contributed by atoms with Crippen molar-refractivity contribution < 1.29 is 18.3 Å². The highest BCUT2D eigenvalue weighted by atomic mass is 19.2. The van der Waals surface area contributed by atoms with E-state index in [1.807, 2.05) is 20.8 Å². The van der Waals surface area contributed by atoms with E-state index in [0.29, 0.717) is 18.9 Å². The molecule has 0 saturated heterocycles. The van der Waals surface area contributed by atoms with Gasteiger partial charge in [0.1, 0.15) is 0 Å². The standard InChI is InChI=1S/C18H32F2O2/c1-11(2)22-18-13(4)9-15(16(19)17(18)20)21-10-14-7-5-12(3)6-8-14/h11-18H,5-10H2,1-4H3. The number of hydrogen-bond donors (Lipinski definition) is 0. The van der Waals surface area contributed by atoms with Crippen molar-refractivity contribution in [2.45, 2.75) is 90.5 Å². The van der Waals surface area contributed by atoms with Crippen LogP contribution < -0.4 is 0 Å². The first-order valence-corrected chi connectivity index (χ1v) is 8.93. The van der Waals surface area contributed by atoms with Crippen molar-refractivity contribution in [3.8, 4) is 0 Å². The quantitative estimate of drug-likeness (QED) is 0.731. The fraction of sp³-hybridized carbons (Fsp3) is 1.00. The molecule has 2 aliphatic rings. The van der Waals surface area contributed by atoms with Gasteiger partial charge in [-0.25, -0.2) is 8.78 Å². The van der Waals surface area contributed by atoms with Crippen LogP contribution in [-0.2, 0) is 9.47 Å². The van der Waals surface area contributed by atoms with Gasteiger partial charge in [-0.2, -0.15) is 0 Å². The summed E-state index contributed by atoms with van der Waals surface area (Å²) in [5, 5.41) is 0. The molecule has 0 aromatic heterocycles. The van der Waals surface area contributed by atoms with Gasteiger partial charge in [0, 0.05) is 6.61 Å². The molecule has 0 amide bonds. The molecule has 22 heavy (non-hydrogen) atoms. The molecule has 0 heterocycles. The van der Waals surface area contributed by atoms with Crippen molar-refractivity contribution >= 4 is 0 Å². The molecule has 0 N–H and O–H groups in total. The van der Waals surface area contributed by atoms with E-state index in [9.17, 15) is 8.78 Å². The van der Waals surface area contributed by atoms with E-state index in [-0.39, 0.29) is 12.0 Å². The van der Waals surface area contributed by atoms with Crippen LogP contribution in [0.1, 0.15) is 59.8 Å². The van der Waals surface area contributed by atoms with E-state index in [1.165, 1.54) is 12.8 Å². The third-order valence-corrected chi connectivity index (χ3v) is 5.25. The van der Waals surface area contributed by atoms with Crippen LogP contribution in [-0.4, -0.2) is 37.3 Å². The molecule has 130 valence electrons. The summed E-state index contributed by atoms with van der Waals surface area (Å²) in [7, 11) is 0. The third kappa shape index (κ3) is 4.64. The van der Waals surface area contributed by atoms with E-state index in [0.717, 1.165) is 18.8 Å². The summed E-state index contributed by atoms with van der Waals surface area (Å²) >= 11 is 0. The fourth-order valence-corrected chi connectivity index (χ4v) is 3.77. The number of ether oxygens (including phenoxy) is 2. The topological polar surface area (TPSA) is 18.5 Å². The lowest BCUT2D eigenvalue weighted by atomic mass is 9.82. The molecule has 2 rings (SSSR count). The maximum atomic E-state index is 14.4. The molecule has 2 nitrogen and oxygen atoms in total. The smallest absolute Gasteiger partial charge is 0.160 e. The van der Waals surface area contributed by atoms with Gasteiger partial charge >= 0.3 is 0 Å². The van der Waals surface area contributed by atoms with Crippen molar-refractivity contribution in [1.29, 1.82) is 0 Å². The molecule has 0 aromatic carbocycles. The fourth-order valence-electron chi connectivity index (χ4n) is 3.77. The molecular weight excluding hydrogens is 286 g/mol. The second-order valence-corrected chi connectivity index (χ2v) is 7.75. The predicted octanol–water partition coefficient (Wildman–Crippen LogP) is 4.71. The molecule has 2 fully saturated rings. The van der Waals surface area contributed by atoms with E-state index < -0.39 is 24.6 Å². The van der Waals surface area contributed by atoms with E-state index in [4.69, 9.17) is 9.47 Å². The Hall–Kier alpha value is -0.220. The van der Waals surface area contributed by atoms with Crippen LogP contribution in [0.25, 0.3) is 0 Å². The Labute approximate surface area is 133 Å². The lowest BCUT2D eigenvalue weighted by Crippen LogP contribution is -2.51. The zero-order valence-corrected chi connectivity index (χ0v) is 14.4. The Morgan fingerprint density at radius 3 is 2.23 bits per heavy atom. The van der Waals surface area contributed by atoms with Crippen LogP contribution >= 0.6 is 0 Å². The maximum Gasteiger partial charge on any atom is 0.160 e. The van der Waals surface area contributed by atoms with Gasteiger partial charge < -0.3 is 9.47 Å². The summed E-state index contributed by atoms with van der Waals surface area (Å²) in [5.41, 5.74) is 0. The SMILES string of the molecule is CC1CCC(COC2CC(C)C(OC(C)C)C(F)C2F)CC1. The number of halogens is 2. The number of rotatable bonds is 5. The summed E-state index contributed by atoms with van der Waals surface area (Å²) in [6, 6.07) is 0. The van der Waals surface area contributed by atoms with Crippen LogP contribution in [0.3, 0.4) is 0 Å². The molecule has 0 spiro atoms. The Morgan fingerprint density at radius 2 is 1.64 bits per heavy atom. The second-order valence-electron chi connectivity index (χ2n) is 7.75. The van der Waals surface area contributed by atoms with E-state index in [2.05, 4.69) is 6.92 Å². The minimum Gasteiger partial charge on any atom is -0.375 e. The van der Waals surface area contributed by atoms with E-state index in [1.54, 1.807) is 0 Å². The maximum absolute atomic E-state index is 14.4. The minimum absolute atomic E-state index is 0.0132.